The van der Waals surface area contributed by atoms with Gasteiger partial charge in [0.1, 0.15) is 0 Å². The Morgan fingerprint density at radius 3 is 2.44 bits per heavy atom. The minimum atomic E-state index is -4.39. The van der Waals surface area contributed by atoms with Crippen molar-refractivity contribution in [3.05, 3.63) is 87.5 Å². The molecule has 3 rings (SSSR count). The number of thioether (sulfide) groups is 1. The highest BCUT2D eigenvalue weighted by Gasteiger charge is 2.30. The lowest BCUT2D eigenvalue weighted by Crippen LogP contribution is -2.20. The number of rotatable bonds is 4. The molecule has 7 heteroatoms. The molecule has 0 saturated carbocycles. The second-order valence-corrected chi connectivity index (χ2v) is 7.20. The van der Waals surface area contributed by atoms with Crippen LogP contribution in [0.5, 0.6) is 0 Å². The summed E-state index contributed by atoms with van der Waals surface area (Å²) in [6, 6.07) is 10.9. The molecule has 3 aromatic rings. The molecule has 0 unspecified atom stereocenters. The number of nitrogens with zero attached hydrogens (tertiary/aromatic N) is 2. The molecule has 0 fully saturated rings. The molecule has 0 aliphatic carbocycles. The smallest absolute Gasteiger partial charge is 0.280 e. The predicted molar refractivity (Wildman–Crippen MR) is 100 cm³/mol. The van der Waals surface area contributed by atoms with Gasteiger partial charge in [-0.3, -0.25) is 9.36 Å². The second kappa shape index (κ2) is 7.60. The number of benzene rings is 2. The second-order valence-electron chi connectivity index (χ2n) is 6.24. The molecule has 3 nitrogen and oxygen atoms in total. The number of alkyl halides is 3. The van der Waals surface area contributed by atoms with Gasteiger partial charge in [0.05, 0.1) is 5.56 Å². The molecule has 0 atom stereocenters. The van der Waals surface area contributed by atoms with Gasteiger partial charge in [0.15, 0.2) is 5.03 Å². The Bertz CT molecular complexity index is 1010. The van der Waals surface area contributed by atoms with Crippen LogP contribution in [0.3, 0.4) is 0 Å². The molecule has 0 amide bonds. The van der Waals surface area contributed by atoms with Gasteiger partial charge in [0.25, 0.3) is 5.56 Å². The number of halogens is 3. The lowest BCUT2D eigenvalue weighted by molar-refractivity contribution is -0.137. The van der Waals surface area contributed by atoms with Crippen LogP contribution in [0.1, 0.15) is 22.3 Å². The van der Waals surface area contributed by atoms with Crippen LogP contribution >= 0.6 is 11.8 Å². The number of aryl methyl sites for hydroxylation is 2. The third-order valence-corrected chi connectivity index (χ3v) is 4.95. The van der Waals surface area contributed by atoms with Gasteiger partial charge in [0, 0.05) is 23.8 Å². The van der Waals surface area contributed by atoms with Crippen LogP contribution in [0.4, 0.5) is 13.2 Å². The Hall–Kier alpha value is -2.54. The number of aromatic nitrogens is 2. The van der Waals surface area contributed by atoms with Gasteiger partial charge >= 0.3 is 6.18 Å². The molecule has 0 aliphatic heterocycles. The zero-order valence-corrected chi connectivity index (χ0v) is 15.6. The Morgan fingerprint density at radius 1 is 1.07 bits per heavy atom. The van der Waals surface area contributed by atoms with E-state index in [-0.39, 0.29) is 16.3 Å². The Kier molecular flexibility index (Phi) is 5.41. The summed E-state index contributed by atoms with van der Waals surface area (Å²) in [6.07, 6.45) is -1.28. The predicted octanol–water partition coefficient (Wildman–Crippen LogP) is 5.16. The van der Waals surface area contributed by atoms with Crippen molar-refractivity contribution in [1.29, 1.82) is 0 Å². The van der Waals surface area contributed by atoms with Crippen LogP contribution in [-0.2, 0) is 11.9 Å². The van der Waals surface area contributed by atoms with Crippen molar-refractivity contribution in [2.24, 2.45) is 0 Å². The highest BCUT2D eigenvalue weighted by molar-refractivity contribution is 7.98. The number of hydrogen-bond donors (Lipinski definition) is 0. The Balaban J connectivity index is 1.86. The molecule has 2 aromatic carbocycles. The Labute approximate surface area is 158 Å². The van der Waals surface area contributed by atoms with E-state index in [1.807, 2.05) is 32.0 Å². The van der Waals surface area contributed by atoms with Gasteiger partial charge in [0.2, 0.25) is 0 Å². The SMILES string of the molecule is Cc1cc(C)cc(-n2ccnc(SCc3cccc(C(F)(F)F)c3)c2=O)c1. The van der Waals surface area contributed by atoms with Crippen LogP contribution in [0.2, 0.25) is 0 Å². The van der Waals surface area contributed by atoms with Crippen LogP contribution in [0, 0.1) is 13.8 Å². The van der Waals surface area contributed by atoms with E-state index >= 15 is 0 Å². The molecule has 0 saturated heterocycles. The molecular weight excluding hydrogens is 373 g/mol. The highest BCUT2D eigenvalue weighted by atomic mass is 32.2. The molecule has 0 bridgehead atoms. The monoisotopic (exact) mass is 390 g/mol. The third-order valence-electron chi connectivity index (χ3n) is 3.92. The molecule has 140 valence electrons. The first kappa shape index (κ1) is 19.2. The van der Waals surface area contributed by atoms with Crippen molar-refractivity contribution < 1.29 is 13.2 Å². The molecule has 0 spiro atoms. The number of hydrogen-bond acceptors (Lipinski definition) is 3. The zero-order chi connectivity index (χ0) is 19.6. The maximum atomic E-state index is 12.8. The van der Waals surface area contributed by atoms with E-state index in [1.54, 1.807) is 12.3 Å². The van der Waals surface area contributed by atoms with E-state index in [0.717, 1.165) is 40.7 Å². The molecular formula is C20H17F3N2OS. The van der Waals surface area contributed by atoms with Crippen molar-refractivity contribution in [3.63, 3.8) is 0 Å². The van der Waals surface area contributed by atoms with Gasteiger partial charge in [-0.15, -0.1) is 0 Å². The average molecular weight is 390 g/mol. The van der Waals surface area contributed by atoms with Crippen molar-refractivity contribution in [1.82, 2.24) is 9.55 Å². The van der Waals surface area contributed by atoms with E-state index < -0.39 is 11.7 Å². The molecule has 0 N–H and O–H groups in total. The lowest BCUT2D eigenvalue weighted by Gasteiger charge is -2.10. The molecule has 0 aliphatic rings. The van der Waals surface area contributed by atoms with Crippen molar-refractivity contribution in [3.8, 4) is 5.69 Å². The first-order valence-electron chi connectivity index (χ1n) is 8.19. The van der Waals surface area contributed by atoms with E-state index in [1.165, 1.54) is 16.8 Å². The van der Waals surface area contributed by atoms with Gasteiger partial charge in [-0.05, 0) is 48.7 Å². The largest absolute Gasteiger partial charge is 0.416 e. The van der Waals surface area contributed by atoms with Crippen LogP contribution < -0.4 is 5.56 Å². The first-order valence-corrected chi connectivity index (χ1v) is 9.18. The molecule has 1 heterocycles. The maximum Gasteiger partial charge on any atom is 0.416 e. The fraction of sp³-hybridized carbons (Fsp3) is 0.200. The van der Waals surface area contributed by atoms with E-state index in [4.69, 9.17) is 0 Å². The van der Waals surface area contributed by atoms with Crippen LogP contribution in [0.15, 0.2) is 64.7 Å². The summed E-state index contributed by atoms with van der Waals surface area (Å²) >= 11 is 1.12. The summed E-state index contributed by atoms with van der Waals surface area (Å²) in [5.74, 6) is 0.225. The standard InChI is InChI=1S/C20H17F3N2OS/c1-13-8-14(2)10-17(9-13)25-7-6-24-18(19(25)26)27-12-15-4-3-5-16(11-15)20(21,22)23/h3-11H,12H2,1-2H3. The Morgan fingerprint density at radius 2 is 1.78 bits per heavy atom. The molecule has 1 aromatic heterocycles. The summed E-state index contributed by atoms with van der Waals surface area (Å²) in [6.45, 7) is 3.90. The average Bonchev–Trinajstić information content (AvgIpc) is 2.59. The van der Waals surface area contributed by atoms with Crippen LogP contribution in [-0.4, -0.2) is 9.55 Å². The topological polar surface area (TPSA) is 34.9 Å². The third kappa shape index (κ3) is 4.60. The van der Waals surface area contributed by atoms with Crippen molar-refractivity contribution in [2.45, 2.75) is 30.8 Å². The fourth-order valence-corrected chi connectivity index (χ4v) is 3.62. The minimum absolute atomic E-state index is 0.225. The molecule has 27 heavy (non-hydrogen) atoms. The van der Waals surface area contributed by atoms with Crippen molar-refractivity contribution in [2.75, 3.05) is 0 Å². The van der Waals surface area contributed by atoms with Gasteiger partial charge in [-0.1, -0.05) is 36.0 Å². The summed E-state index contributed by atoms with van der Waals surface area (Å²) < 4.78 is 40.0. The van der Waals surface area contributed by atoms with Crippen molar-refractivity contribution >= 4 is 11.8 Å². The summed E-state index contributed by atoms with van der Waals surface area (Å²) in [4.78, 5) is 16.8. The maximum absolute atomic E-state index is 12.8. The van der Waals surface area contributed by atoms with E-state index in [2.05, 4.69) is 4.98 Å². The van der Waals surface area contributed by atoms with Gasteiger partial charge in [-0.2, -0.15) is 13.2 Å². The molecule has 0 radical (unpaired) electrons. The quantitative estimate of drug-likeness (QED) is 0.577. The minimum Gasteiger partial charge on any atom is -0.280 e. The lowest BCUT2D eigenvalue weighted by atomic mass is 10.1. The van der Waals surface area contributed by atoms with E-state index in [9.17, 15) is 18.0 Å². The fourth-order valence-electron chi connectivity index (χ4n) is 2.77. The van der Waals surface area contributed by atoms with E-state index in [0.29, 0.717) is 5.56 Å². The summed E-state index contributed by atoms with van der Waals surface area (Å²) in [5.41, 5.74) is 2.30. The normalized spacial score (nSPS) is 11.6. The van der Waals surface area contributed by atoms with Gasteiger partial charge < -0.3 is 0 Å². The van der Waals surface area contributed by atoms with Gasteiger partial charge in [-0.25, -0.2) is 4.98 Å². The highest BCUT2D eigenvalue weighted by Crippen LogP contribution is 2.30. The van der Waals surface area contributed by atoms with Crippen LogP contribution in [0.25, 0.3) is 5.69 Å². The first-order chi connectivity index (χ1) is 12.7. The zero-order valence-electron chi connectivity index (χ0n) is 14.7. The summed E-state index contributed by atoms with van der Waals surface area (Å²) in [7, 11) is 0. The summed E-state index contributed by atoms with van der Waals surface area (Å²) in [5, 5.41) is 0.245.